The third kappa shape index (κ3) is 7.69. The molecule has 4 unspecified atom stereocenters. The summed E-state index contributed by atoms with van der Waals surface area (Å²) in [6.07, 6.45) is 12.3. The first-order valence-corrected chi connectivity index (χ1v) is 11.9. The van der Waals surface area contributed by atoms with Crippen LogP contribution in [0.5, 0.6) is 0 Å². The van der Waals surface area contributed by atoms with Gasteiger partial charge in [-0.3, -0.25) is 0 Å². The van der Waals surface area contributed by atoms with E-state index in [0.717, 1.165) is 49.2 Å². The van der Waals surface area contributed by atoms with Crippen LogP contribution in [0.2, 0.25) is 0 Å². The van der Waals surface area contributed by atoms with Crippen molar-refractivity contribution in [1.82, 2.24) is 0 Å². The Labute approximate surface area is 170 Å². The average Bonchev–Trinajstić information content (AvgIpc) is 2.59. The second-order valence-corrected chi connectivity index (χ2v) is 11.4. The lowest BCUT2D eigenvalue weighted by Gasteiger charge is -2.46. The van der Waals surface area contributed by atoms with Gasteiger partial charge in [-0.25, -0.2) is 0 Å². The quantitative estimate of drug-likeness (QED) is 0.370. The molecule has 2 heteroatoms. The fourth-order valence-electron chi connectivity index (χ4n) is 4.89. The highest BCUT2D eigenvalue weighted by atomic mass is 16.7. The lowest BCUT2D eigenvalue weighted by atomic mass is 9.62. The van der Waals surface area contributed by atoms with Crippen LogP contribution in [0.4, 0.5) is 0 Å². The van der Waals surface area contributed by atoms with E-state index in [1.807, 2.05) is 0 Å². The van der Waals surface area contributed by atoms with Crippen LogP contribution in [-0.4, -0.2) is 19.0 Å². The SMILES string of the molecule is CC(C)CCCC(C)CCCC1CC(CCC2(C)OCC(C)(C)CO2)C1C. The van der Waals surface area contributed by atoms with Gasteiger partial charge in [-0.15, -0.1) is 0 Å². The van der Waals surface area contributed by atoms with Gasteiger partial charge in [-0.1, -0.05) is 80.1 Å². The largest absolute Gasteiger partial charge is 0.350 e. The first kappa shape index (κ1) is 23.2. The summed E-state index contributed by atoms with van der Waals surface area (Å²) in [6.45, 7) is 17.8. The van der Waals surface area contributed by atoms with Gasteiger partial charge in [0, 0.05) is 11.8 Å². The van der Waals surface area contributed by atoms with E-state index < -0.39 is 0 Å². The first-order valence-electron chi connectivity index (χ1n) is 11.9. The van der Waals surface area contributed by atoms with Crippen molar-refractivity contribution < 1.29 is 9.47 Å². The molecule has 1 aliphatic heterocycles. The Morgan fingerprint density at radius 3 is 2.04 bits per heavy atom. The zero-order valence-electron chi connectivity index (χ0n) is 19.5. The fourth-order valence-corrected chi connectivity index (χ4v) is 4.89. The standard InChI is InChI=1S/C25H48O2/c1-19(2)10-8-11-20(3)12-9-13-22-16-23(21(22)4)14-15-25(7)26-17-24(5,6)18-27-25/h19-23H,8-18H2,1-7H3. The summed E-state index contributed by atoms with van der Waals surface area (Å²) in [5.41, 5.74) is 0.167. The van der Waals surface area contributed by atoms with Gasteiger partial charge in [0.05, 0.1) is 13.2 Å². The molecule has 1 saturated heterocycles. The molecular formula is C25H48O2. The Morgan fingerprint density at radius 1 is 0.852 bits per heavy atom. The maximum atomic E-state index is 6.08. The highest BCUT2D eigenvalue weighted by Crippen LogP contribution is 2.47. The summed E-state index contributed by atoms with van der Waals surface area (Å²) >= 11 is 0. The van der Waals surface area contributed by atoms with Crippen LogP contribution >= 0.6 is 0 Å². The normalized spacial score (nSPS) is 30.9. The lowest BCUT2D eigenvalue weighted by molar-refractivity contribution is -0.293. The molecule has 27 heavy (non-hydrogen) atoms. The molecule has 4 atom stereocenters. The van der Waals surface area contributed by atoms with Gasteiger partial charge in [0.2, 0.25) is 0 Å². The predicted octanol–water partition coefficient (Wildman–Crippen LogP) is 7.46. The molecule has 2 nitrogen and oxygen atoms in total. The van der Waals surface area contributed by atoms with Gasteiger partial charge in [0.15, 0.2) is 5.79 Å². The monoisotopic (exact) mass is 380 g/mol. The van der Waals surface area contributed by atoms with Gasteiger partial charge in [0.1, 0.15) is 0 Å². The van der Waals surface area contributed by atoms with Crippen molar-refractivity contribution in [3.8, 4) is 0 Å². The van der Waals surface area contributed by atoms with E-state index in [1.54, 1.807) is 0 Å². The molecule has 160 valence electrons. The second-order valence-electron chi connectivity index (χ2n) is 11.4. The van der Waals surface area contributed by atoms with Crippen LogP contribution in [0.3, 0.4) is 0 Å². The Morgan fingerprint density at radius 2 is 1.44 bits per heavy atom. The Balaban J connectivity index is 1.55. The minimum atomic E-state index is -0.342. The molecule has 0 amide bonds. The van der Waals surface area contributed by atoms with E-state index in [2.05, 4.69) is 48.5 Å². The molecule has 0 aromatic carbocycles. The van der Waals surface area contributed by atoms with Crippen molar-refractivity contribution in [1.29, 1.82) is 0 Å². The number of rotatable bonds is 11. The van der Waals surface area contributed by atoms with Crippen LogP contribution in [-0.2, 0) is 9.47 Å². The second kappa shape index (κ2) is 10.1. The maximum absolute atomic E-state index is 6.08. The highest BCUT2D eigenvalue weighted by molar-refractivity contribution is 4.88. The third-order valence-corrected chi connectivity index (χ3v) is 7.35. The molecule has 0 aromatic rings. The van der Waals surface area contributed by atoms with Gasteiger partial charge in [-0.05, 0) is 49.4 Å². The van der Waals surface area contributed by atoms with E-state index in [9.17, 15) is 0 Å². The molecule has 0 aromatic heterocycles. The van der Waals surface area contributed by atoms with Crippen molar-refractivity contribution in [2.24, 2.45) is 35.0 Å². The Hall–Kier alpha value is -0.0800. The number of ether oxygens (including phenoxy) is 2. The summed E-state index contributed by atoms with van der Waals surface area (Å²) in [5, 5.41) is 0. The van der Waals surface area contributed by atoms with Crippen LogP contribution < -0.4 is 0 Å². The van der Waals surface area contributed by atoms with E-state index in [-0.39, 0.29) is 11.2 Å². The summed E-state index contributed by atoms with van der Waals surface area (Å²) in [5.74, 6) is 4.19. The maximum Gasteiger partial charge on any atom is 0.165 e. The van der Waals surface area contributed by atoms with Crippen molar-refractivity contribution in [3.05, 3.63) is 0 Å². The van der Waals surface area contributed by atoms with Crippen LogP contribution in [0, 0.1) is 35.0 Å². The number of hydrogen-bond donors (Lipinski definition) is 0. The molecule has 1 aliphatic carbocycles. The van der Waals surface area contributed by atoms with Crippen LogP contribution in [0.15, 0.2) is 0 Å². The Bertz CT molecular complexity index is 418. The zero-order chi connectivity index (χ0) is 20.1. The van der Waals surface area contributed by atoms with Crippen molar-refractivity contribution in [2.45, 2.75) is 112 Å². The summed E-state index contributed by atoms with van der Waals surface area (Å²) in [4.78, 5) is 0. The highest BCUT2D eigenvalue weighted by Gasteiger charge is 2.41. The molecule has 2 aliphatic rings. The summed E-state index contributed by atoms with van der Waals surface area (Å²) in [6, 6.07) is 0. The molecular weight excluding hydrogens is 332 g/mol. The van der Waals surface area contributed by atoms with Crippen molar-refractivity contribution in [3.63, 3.8) is 0 Å². The number of hydrogen-bond acceptors (Lipinski definition) is 2. The third-order valence-electron chi connectivity index (χ3n) is 7.35. The molecule has 2 fully saturated rings. The molecule has 0 radical (unpaired) electrons. The van der Waals surface area contributed by atoms with Gasteiger partial charge >= 0.3 is 0 Å². The van der Waals surface area contributed by atoms with Crippen molar-refractivity contribution in [2.75, 3.05) is 13.2 Å². The molecule has 2 rings (SSSR count). The van der Waals surface area contributed by atoms with Crippen LogP contribution in [0.1, 0.15) is 106 Å². The average molecular weight is 381 g/mol. The van der Waals surface area contributed by atoms with Crippen LogP contribution in [0.25, 0.3) is 0 Å². The van der Waals surface area contributed by atoms with E-state index in [4.69, 9.17) is 9.47 Å². The summed E-state index contributed by atoms with van der Waals surface area (Å²) in [7, 11) is 0. The molecule has 0 bridgehead atoms. The zero-order valence-corrected chi connectivity index (χ0v) is 19.5. The first-order chi connectivity index (χ1) is 12.6. The molecule has 1 heterocycles. The van der Waals surface area contributed by atoms with Crippen molar-refractivity contribution >= 4 is 0 Å². The molecule has 0 N–H and O–H groups in total. The van der Waals surface area contributed by atoms with Gasteiger partial charge < -0.3 is 9.47 Å². The minimum absolute atomic E-state index is 0.167. The lowest BCUT2D eigenvalue weighted by Crippen LogP contribution is -2.46. The summed E-state index contributed by atoms with van der Waals surface area (Å²) < 4.78 is 12.2. The topological polar surface area (TPSA) is 18.5 Å². The Kier molecular flexibility index (Phi) is 8.68. The van der Waals surface area contributed by atoms with E-state index >= 15 is 0 Å². The van der Waals surface area contributed by atoms with E-state index in [0.29, 0.717) is 0 Å². The minimum Gasteiger partial charge on any atom is -0.350 e. The molecule has 1 saturated carbocycles. The van der Waals surface area contributed by atoms with E-state index in [1.165, 1.54) is 51.4 Å². The smallest absolute Gasteiger partial charge is 0.165 e. The fraction of sp³-hybridized carbons (Fsp3) is 1.00. The van der Waals surface area contributed by atoms with Gasteiger partial charge in [-0.2, -0.15) is 0 Å². The predicted molar refractivity (Wildman–Crippen MR) is 116 cm³/mol. The molecule has 0 spiro atoms. The van der Waals surface area contributed by atoms with Gasteiger partial charge in [0.25, 0.3) is 0 Å².